The largest absolute Gasteiger partial charge is 0.289 e. The fourth-order valence-electron chi connectivity index (χ4n) is 1.32. The minimum absolute atomic E-state index is 0.238. The van der Waals surface area contributed by atoms with Crippen LogP contribution in [0, 0.1) is 5.82 Å². The molecule has 1 aromatic rings. The van der Waals surface area contributed by atoms with Gasteiger partial charge in [-0.05, 0) is 37.0 Å². The van der Waals surface area contributed by atoms with Gasteiger partial charge in [-0.15, -0.1) is 0 Å². The van der Waals surface area contributed by atoms with Gasteiger partial charge >= 0.3 is 0 Å². The van der Waals surface area contributed by atoms with Crippen molar-refractivity contribution in [3.05, 3.63) is 35.6 Å². The Bertz CT molecular complexity index is 311. The average Bonchev–Trinajstić information content (AvgIpc) is 2.26. The van der Waals surface area contributed by atoms with E-state index >= 15 is 0 Å². The quantitative estimate of drug-likeness (QED) is 0.445. The number of amides is 1. The van der Waals surface area contributed by atoms with Crippen molar-refractivity contribution in [2.24, 2.45) is 0 Å². The van der Waals surface area contributed by atoms with E-state index in [1.54, 1.807) is 17.6 Å². The number of rotatable bonds is 5. The molecule has 0 spiro atoms. The molecular formula is C11H14FNO2. The van der Waals surface area contributed by atoms with E-state index in [0.29, 0.717) is 12.8 Å². The van der Waals surface area contributed by atoms with Gasteiger partial charge in [-0.25, -0.2) is 9.87 Å². The normalized spacial score (nSPS) is 10.0. The fraction of sp³-hybridized carbons (Fsp3) is 0.364. The molecule has 4 heteroatoms. The number of carbonyl (C=O) groups is 1. The van der Waals surface area contributed by atoms with E-state index in [2.05, 4.69) is 0 Å². The van der Waals surface area contributed by atoms with Gasteiger partial charge in [0.1, 0.15) is 5.82 Å². The summed E-state index contributed by atoms with van der Waals surface area (Å²) in [5.74, 6) is -0.604. The zero-order valence-electron chi connectivity index (χ0n) is 8.37. The van der Waals surface area contributed by atoms with Crippen LogP contribution in [-0.4, -0.2) is 11.1 Å². The number of halogens is 1. The van der Waals surface area contributed by atoms with Crippen LogP contribution in [0.25, 0.3) is 0 Å². The van der Waals surface area contributed by atoms with Gasteiger partial charge in [0.25, 0.3) is 0 Å². The summed E-state index contributed by atoms with van der Waals surface area (Å²) in [7, 11) is 0. The van der Waals surface area contributed by atoms with Crippen molar-refractivity contribution in [1.82, 2.24) is 5.48 Å². The maximum atomic E-state index is 12.5. The number of carbonyl (C=O) groups excluding carboxylic acids is 1. The van der Waals surface area contributed by atoms with Crippen molar-refractivity contribution < 1.29 is 14.4 Å². The highest BCUT2D eigenvalue weighted by Gasteiger charge is 1.99. The van der Waals surface area contributed by atoms with Crippen molar-refractivity contribution in [2.75, 3.05) is 0 Å². The molecule has 0 bridgehead atoms. The van der Waals surface area contributed by atoms with E-state index in [0.717, 1.165) is 18.4 Å². The molecule has 1 aromatic carbocycles. The number of benzene rings is 1. The Labute approximate surface area is 87.9 Å². The third-order valence-electron chi connectivity index (χ3n) is 2.16. The topological polar surface area (TPSA) is 49.3 Å². The Morgan fingerprint density at radius 2 is 1.93 bits per heavy atom. The van der Waals surface area contributed by atoms with Crippen LogP contribution in [0.3, 0.4) is 0 Å². The van der Waals surface area contributed by atoms with Crippen LogP contribution >= 0.6 is 0 Å². The van der Waals surface area contributed by atoms with E-state index < -0.39 is 0 Å². The third-order valence-corrected chi connectivity index (χ3v) is 2.16. The summed E-state index contributed by atoms with van der Waals surface area (Å²) < 4.78 is 12.5. The predicted molar refractivity (Wildman–Crippen MR) is 53.9 cm³/mol. The summed E-state index contributed by atoms with van der Waals surface area (Å²) >= 11 is 0. The number of aryl methyl sites for hydroxylation is 1. The van der Waals surface area contributed by atoms with Gasteiger partial charge in [0.15, 0.2) is 0 Å². The Kier molecular flexibility index (Phi) is 4.77. The predicted octanol–water partition coefficient (Wildman–Crippen LogP) is 2.04. The summed E-state index contributed by atoms with van der Waals surface area (Å²) in [5.41, 5.74) is 2.64. The average molecular weight is 211 g/mol. The summed E-state index contributed by atoms with van der Waals surface area (Å²) in [4.78, 5) is 10.7. The zero-order chi connectivity index (χ0) is 11.1. The molecule has 0 heterocycles. The van der Waals surface area contributed by atoms with E-state index in [-0.39, 0.29) is 11.7 Å². The van der Waals surface area contributed by atoms with Crippen LogP contribution < -0.4 is 5.48 Å². The molecule has 82 valence electrons. The summed E-state index contributed by atoms with van der Waals surface area (Å²) in [6, 6.07) is 6.33. The number of unbranched alkanes of at least 4 members (excludes halogenated alkanes) is 1. The summed E-state index contributed by atoms with van der Waals surface area (Å²) in [6.45, 7) is 0. The van der Waals surface area contributed by atoms with Gasteiger partial charge in [0.05, 0.1) is 0 Å². The highest BCUT2D eigenvalue weighted by Crippen LogP contribution is 2.07. The first-order valence-corrected chi connectivity index (χ1v) is 4.90. The zero-order valence-corrected chi connectivity index (χ0v) is 8.37. The fourth-order valence-corrected chi connectivity index (χ4v) is 1.32. The lowest BCUT2D eigenvalue weighted by Crippen LogP contribution is -2.17. The van der Waals surface area contributed by atoms with Gasteiger partial charge in [-0.2, -0.15) is 0 Å². The van der Waals surface area contributed by atoms with Crippen LogP contribution in [0.5, 0.6) is 0 Å². The molecule has 0 fully saturated rings. The minimum Gasteiger partial charge on any atom is -0.289 e. The van der Waals surface area contributed by atoms with Crippen LogP contribution in [0.15, 0.2) is 24.3 Å². The Morgan fingerprint density at radius 3 is 2.53 bits per heavy atom. The maximum Gasteiger partial charge on any atom is 0.243 e. The van der Waals surface area contributed by atoms with Crippen molar-refractivity contribution in [1.29, 1.82) is 0 Å². The van der Waals surface area contributed by atoms with Crippen molar-refractivity contribution in [3.8, 4) is 0 Å². The third kappa shape index (κ3) is 4.56. The Morgan fingerprint density at radius 1 is 1.27 bits per heavy atom. The molecule has 0 aliphatic carbocycles. The molecule has 0 saturated carbocycles. The second kappa shape index (κ2) is 6.14. The van der Waals surface area contributed by atoms with E-state index in [9.17, 15) is 9.18 Å². The highest BCUT2D eigenvalue weighted by atomic mass is 19.1. The van der Waals surface area contributed by atoms with E-state index in [1.807, 2.05) is 0 Å². The van der Waals surface area contributed by atoms with Crippen LogP contribution in [-0.2, 0) is 11.2 Å². The van der Waals surface area contributed by atoms with Crippen molar-refractivity contribution in [3.63, 3.8) is 0 Å². The molecule has 0 aliphatic heterocycles. The molecule has 0 radical (unpaired) electrons. The number of hydrogen-bond donors (Lipinski definition) is 2. The lowest BCUT2D eigenvalue weighted by Gasteiger charge is -2.01. The first-order chi connectivity index (χ1) is 7.22. The first kappa shape index (κ1) is 11.7. The maximum absolute atomic E-state index is 12.5. The van der Waals surface area contributed by atoms with Crippen LogP contribution in [0.1, 0.15) is 24.8 Å². The summed E-state index contributed by atoms with van der Waals surface area (Å²) in [6.07, 6.45) is 2.69. The smallest absolute Gasteiger partial charge is 0.243 e. The molecule has 0 unspecified atom stereocenters. The molecule has 1 amide bonds. The molecule has 3 nitrogen and oxygen atoms in total. The Hall–Kier alpha value is -1.42. The second-order valence-corrected chi connectivity index (χ2v) is 3.37. The number of nitrogens with one attached hydrogen (secondary N) is 1. The first-order valence-electron chi connectivity index (χ1n) is 4.90. The van der Waals surface area contributed by atoms with Crippen LogP contribution in [0.2, 0.25) is 0 Å². The van der Waals surface area contributed by atoms with E-state index in [4.69, 9.17) is 5.21 Å². The van der Waals surface area contributed by atoms with Gasteiger partial charge in [0.2, 0.25) is 5.91 Å². The summed E-state index contributed by atoms with van der Waals surface area (Å²) in [5, 5.41) is 8.24. The molecular weight excluding hydrogens is 197 g/mol. The highest BCUT2D eigenvalue weighted by molar-refractivity contribution is 5.74. The lowest BCUT2D eigenvalue weighted by atomic mass is 10.1. The van der Waals surface area contributed by atoms with Crippen LogP contribution in [0.4, 0.5) is 4.39 Å². The monoisotopic (exact) mass is 211 g/mol. The molecule has 0 aliphatic rings. The SMILES string of the molecule is O=C(CCCCc1ccc(F)cc1)NO. The molecule has 15 heavy (non-hydrogen) atoms. The van der Waals surface area contributed by atoms with Gasteiger partial charge in [0, 0.05) is 6.42 Å². The number of hydrogen-bond acceptors (Lipinski definition) is 2. The lowest BCUT2D eigenvalue weighted by molar-refractivity contribution is -0.129. The van der Waals surface area contributed by atoms with Crippen molar-refractivity contribution in [2.45, 2.75) is 25.7 Å². The molecule has 1 rings (SSSR count). The van der Waals surface area contributed by atoms with Crippen molar-refractivity contribution >= 4 is 5.91 Å². The Balaban J connectivity index is 2.20. The standard InChI is InChI=1S/C11H14FNO2/c12-10-7-5-9(6-8-10)3-1-2-4-11(14)13-15/h5-8,15H,1-4H2,(H,13,14). The molecule has 2 N–H and O–H groups in total. The van der Waals surface area contributed by atoms with Gasteiger partial charge in [-0.3, -0.25) is 10.0 Å². The molecule has 0 saturated heterocycles. The van der Waals surface area contributed by atoms with Gasteiger partial charge < -0.3 is 0 Å². The minimum atomic E-state index is -0.367. The molecule has 0 atom stereocenters. The van der Waals surface area contributed by atoms with Gasteiger partial charge in [-0.1, -0.05) is 12.1 Å². The second-order valence-electron chi connectivity index (χ2n) is 3.37. The molecule has 0 aromatic heterocycles. The number of hydroxylamine groups is 1. The van der Waals surface area contributed by atoms with E-state index in [1.165, 1.54) is 12.1 Å².